The molecule has 0 aliphatic heterocycles. The van der Waals surface area contributed by atoms with E-state index in [9.17, 15) is 24.0 Å². The van der Waals surface area contributed by atoms with Crippen molar-refractivity contribution in [2.75, 3.05) is 19.6 Å². The van der Waals surface area contributed by atoms with E-state index in [0.717, 1.165) is 0 Å². The first-order valence-corrected chi connectivity index (χ1v) is 6.73. The van der Waals surface area contributed by atoms with Crippen LogP contribution in [-0.2, 0) is 24.0 Å². The summed E-state index contributed by atoms with van der Waals surface area (Å²) in [5.74, 6) is -3.63. The Morgan fingerprint density at radius 2 is 1.29 bits per heavy atom. The fraction of sp³-hybridized carbons (Fsp3) is 0.583. The highest BCUT2D eigenvalue weighted by atomic mass is 35.5. The molecule has 11 nitrogen and oxygen atoms in total. The fourth-order valence-corrected chi connectivity index (χ4v) is 1.36. The summed E-state index contributed by atoms with van der Waals surface area (Å²) >= 11 is 0. The Hall–Kier alpha value is -2.40. The summed E-state index contributed by atoms with van der Waals surface area (Å²) in [5.41, 5.74) is 5.09. The van der Waals surface area contributed by atoms with Crippen LogP contribution in [0, 0.1) is 0 Å². The number of amides is 4. The third-order valence-electron chi connectivity index (χ3n) is 2.56. The van der Waals surface area contributed by atoms with Gasteiger partial charge in [-0.3, -0.25) is 24.0 Å². The smallest absolute Gasteiger partial charge is 0.322 e. The maximum Gasteiger partial charge on any atom is 0.322 e. The maximum atomic E-state index is 11.6. The minimum absolute atomic E-state index is 0. The lowest BCUT2D eigenvalue weighted by atomic mass is 10.3. The fourth-order valence-electron chi connectivity index (χ4n) is 1.36. The predicted molar refractivity (Wildman–Crippen MR) is 85.2 cm³/mol. The van der Waals surface area contributed by atoms with E-state index in [1.165, 1.54) is 13.8 Å². The molecule has 0 saturated heterocycles. The first-order valence-electron chi connectivity index (χ1n) is 6.73. The van der Waals surface area contributed by atoms with Crippen LogP contribution < -0.4 is 27.0 Å². The molecule has 0 fully saturated rings. The number of aliphatic carboxylic acids is 1. The Labute approximate surface area is 144 Å². The molecule has 138 valence electrons. The molecule has 0 radical (unpaired) electrons. The van der Waals surface area contributed by atoms with Gasteiger partial charge in [-0.1, -0.05) is 0 Å². The summed E-state index contributed by atoms with van der Waals surface area (Å²) in [7, 11) is 0. The minimum Gasteiger partial charge on any atom is -0.480 e. The van der Waals surface area contributed by atoms with Gasteiger partial charge in [-0.05, 0) is 13.8 Å². The molecule has 0 bridgehead atoms. The van der Waals surface area contributed by atoms with Crippen molar-refractivity contribution in [1.29, 1.82) is 0 Å². The van der Waals surface area contributed by atoms with Crippen LogP contribution in [-0.4, -0.2) is 66.4 Å². The van der Waals surface area contributed by atoms with Crippen LogP contribution in [0.2, 0.25) is 0 Å². The van der Waals surface area contributed by atoms with E-state index in [-0.39, 0.29) is 19.0 Å². The van der Waals surface area contributed by atoms with Crippen LogP contribution in [0.4, 0.5) is 0 Å². The van der Waals surface area contributed by atoms with Gasteiger partial charge in [-0.2, -0.15) is 0 Å². The van der Waals surface area contributed by atoms with Crippen molar-refractivity contribution in [2.45, 2.75) is 25.9 Å². The Bertz CT molecular complexity index is 487. The van der Waals surface area contributed by atoms with Gasteiger partial charge in [-0.25, -0.2) is 0 Å². The Morgan fingerprint density at radius 1 is 0.875 bits per heavy atom. The molecule has 2 atom stereocenters. The molecule has 0 rings (SSSR count). The minimum atomic E-state index is -1.21. The number of carbonyl (C=O) groups excluding carboxylic acids is 4. The van der Waals surface area contributed by atoms with Gasteiger partial charge >= 0.3 is 5.97 Å². The largest absolute Gasteiger partial charge is 0.480 e. The predicted octanol–water partition coefficient (Wildman–Crippen LogP) is -3.31. The summed E-state index contributed by atoms with van der Waals surface area (Å²) in [6, 6.07) is -1.83. The van der Waals surface area contributed by atoms with Gasteiger partial charge in [0, 0.05) is 0 Å². The average Bonchev–Trinajstić information content (AvgIpc) is 2.49. The van der Waals surface area contributed by atoms with Gasteiger partial charge in [0.05, 0.1) is 13.1 Å². The zero-order valence-electron chi connectivity index (χ0n) is 13.3. The van der Waals surface area contributed by atoms with Gasteiger partial charge in [0.2, 0.25) is 23.6 Å². The number of nitrogens with one attached hydrogen (secondary N) is 4. The molecule has 4 amide bonds. The number of hydrogen-bond donors (Lipinski definition) is 6. The molecule has 24 heavy (non-hydrogen) atoms. The van der Waals surface area contributed by atoms with Crippen LogP contribution in [0.5, 0.6) is 0 Å². The maximum absolute atomic E-state index is 11.6. The average molecular weight is 368 g/mol. The molecule has 12 heteroatoms. The van der Waals surface area contributed by atoms with Crippen LogP contribution in [0.15, 0.2) is 0 Å². The van der Waals surface area contributed by atoms with Crippen LogP contribution in [0.3, 0.4) is 0 Å². The highest BCUT2D eigenvalue weighted by Crippen LogP contribution is 1.84. The number of carboxylic acids is 1. The topological polar surface area (TPSA) is 180 Å². The number of hydrogen-bond acceptors (Lipinski definition) is 6. The number of carbonyl (C=O) groups is 5. The summed E-state index contributed by atoms with van der Waals surface area (Å²) in [5, 5.41) is 17.4. The van der Waals surface area contributed by atoms with Crippen molar-refractivity contribution >= 4 is 42.0 Å². The summed E-state index contributed by atoms with van der Waals surface area (Å²) in [6.45, 7) is 1.55. The molecule has 0 aromatic rings. The molecule has 0 heterocycles. The second-order valence-corrected chi connectivity index (χ2v) is 4.61. The Morgan fingerprint density at radius 3 is 1.71 bits per heavy atom. The van der Waals surface area contributed by atoms with E-state index in [2.05, 4.69) is 21.3 Å². The summed E-state index contributed by atoms with van der Waals surface area (Å²) in [6.07, 6.45) is 0. The third kappa shape index (κ3) is 10.3. The number of halogens is 1. The first-order chi connectivity index (χ1) is 10.7. The molecule has 0 saturated carbocycles. The first kappa shape index (κ1) is 23.9. The van der Waals surface area contributed by atoms with Crippen molar-refractivity contribution < 1.29 is 29.1 Å². The quantitative estimate of drug-likeness (QED) is 0.247. The van der Waals surface area contributed by atoms with Crippen molar-refractivity contribution in [1.82, 2.24) is 21.3 Å². The third-order valence-corrected chi connectivity index (χ3v) is 2.56. The second kappa shape index (κ2) is 12.1. The monoisotopic (exact) mass is 367 g/mol. The van der Waals surface area contributed by atoms with Crippen molar-refractivity contribution in [2.24, 2.45) is 5.73 Å². The molecule has 0 unspecified atom stereocenters. The molecule has 0 aromatic heterocycles. The van der Waals surface area contributed by atoms with E-state index in [1.54, 1.807) is 0 Å². The van der Waals surface area contributed by atoms with Gasteiger partial charge < -0.3 is 32.1 Å². The van der Waals surface area contributed by atoms with Gasteiger partial charge in [0.1, 0.15) is 18.6 Å². The molecule has 7 N–H and O–H groups in total. The SMILES string of the molecule is C[C@H](NC(=O)CN)C(=O)NCC(=O)N[C@H](C)C(=O)NCC(=O)O.Cl. The van der Waals surface area contributed by atoms with Gasteiger partial charge in [0.15, 0.2) is 0 Å². The lowest BCUT2D eigenvalue weighted by Crippen LogP contribution is -2.51. The molecule has 0 aliphatic carbocycles. The zero-order chi connectivity index (χ0) is 18.0. The molecular weight excluding hydrogens is 346 g/mol. The second-order valence-electron chi connectivity index (χ2n) is 4.61. The standard InChI is InChI=1S/C12H21N5O6.ClH/c1-6(16-8(18)3-13)11(22)14-4-9(19)17-7(2)12(23)15-5-10(20)21;/h6-7H,3-5,13H2,1-2H3,(H,14,22)(H,15,23)(H,16,18)(H,17,19)(H,20,21);1H/t6-,7+;/m0./s1. The Kier molecular flexibility index (Phi) is 12.0. The highest BCUT2D eigenvalue weighted by Gasteiger charge is 2.18. The highest BCUT2D eigenvalue weighted by molar-refractivity contribution is 5.92. The number of rotatable bonds is 9. The van der Waals surface area contributed by atoms with Crippen molar-refractivity contribution in [3.63, 3.8) is 0 Å². The van der Waals surface area contributed by atoms with E-state index in [0.29, 0.717) is 0 Å². The van der Waals surface area contributed by atoms with E-state index in [4.69, 9.17) is 10.8 Å². The van der Waals surface area contributed by atoms with Crippen LogP contribution in [0.25, 0.3) is 0 Å². The molecule has 0 spiro atoms. The van der Waals surface area contributed by atoms with E-state index < -0.39 is 54.8 Å². The lowest BCUT2D eigenvalue weighted by Gasteiger charge is -2.15. The normalized spacial score (nSPS) is 12.0. The molecule has 0 aromatic carbocycles. The van der Waals surface area contributed by atoms with E-state index >= 15 is 0 Å². The van der Waals surface area contributed by atoms with Crippen molar-refractivity contribution in [3.8, 4) is 0 Å². The van der Waals surface area contributed by atoms with Gasteiger partial charge in [-0.15, -0.1) is 12.4 Å². The van der Waals surface area contributed by atoms with Gasteiger partial charge in [0.25, 0.3) is 0 Å². The zero-order valence-corrected chi connectivity index (χ0v) is 14.1. The summed E-state index contributed by atoms with van der Waals surface area (Å²) < 4.78 is 0. The van der Waals surface area contributed by atoms with Crippen LogP contribution >= 0.6 is 12.4 Å². The van der Waals surface area contributed by atoms with Crippen LogP contribution in [0.1, 0.15) is 13.8 Å². The lowest BCUT2D eigenvalue weighted by molar-refractivity contribution is -0.138. The van der Waals surface area contributed by atoms with Crippen molar-refractivity contribution in [3.05, 3.63) is 0 Å². The molecular formula is C12H22ClN5O6. The summed E-state index contributed by atoms with van der Waals surface area (Å²) in [4.78, 5) is 55.9. The molecule has 0 aliphatic rings. The van der Waals surface area contributed by atoms with E-state index in [1.807, 2.05) is 0 Å². The number of carboxylic acid groups (broad SMARTS) is 1. The number of nitrogens with two attached hydrogens (primary N) is 1. The Balaban J connectivity index is 0.